The second-order valence-electron chi connectivity index (χ2n) is 3.22. The highest BCUT2D eigenvalue weighted by Gasteiger charge is 2.13. The molecule has 0 saturated carbocycles. The number of pyridine rings is 1. The van der Waals surface area contributed by atoms with Gasteiger partial charge in [0.15, 0.2) is 5.65 Å². The maximum absolute atomic E-state index is 4.01. The fourth-order valence-corrected chi connectivity index (χ4v) is 1.95. The van der Waals surface area contributed by atoms with E-state index < -0.39 is 0 Å². The van der Waals surface area contributed by atoms with Crippen LogP contribution in [0.15, 0.2) is 18.5 Å². The summed E-state index contributed by atoms with van der Waals surface area (Å²) in [5, 5.41) is 7.90. The number of hydrogen-bond donors (Lipinski definition) is 0. The van der Waals surface area contributed by atoms with Crippen molar-refractivity contribution in [1.82, 2.24) is 14.6 Å². The molecule has 3 rings (SSSR count). The average Bonchev–Trinajstić information content (AvgIpc) is 2.71. The van der Waals surface area contributed by atoms with Crippen LogP contribution in [0, 0.1) is 0 Å². The third-order valence-corrected chi connectivity index (χ3v) is 2.53. The molecule has 0 saturated heterocycles. The minimum atomic E-state index is 0.968. The standard InChI is InChI=1S/C9H9N3/c1-2-7-4-5-9-11-10-6-12(9)8(7)3-1/h4-6H,1-3H2. The van der Waals surface area contributed by atoms with Crippen LogP contribution in [0.25, 0.3) is 5.65 Å². The lowest BCUT2D eigenvalue weighted by Crippen LogP contribution is -1.93. The molecule has 0 unspecified atom stereocenters. The van der Waals surface area contributed by atoms with Gasteiger partial charge in [0, 0.05) is 5.69 Å². The highest BCUT2D eigenvalue weighted by molar-refractivity contribution is 5.43. The highest BCUT2D eigenvalue weighted by Crippen LogP contribution is 2.21. The van der Waals surface area contributed by atoms with Gasteiger partial charge in [-0.15, -0.1) is 10.2 Å². The monoisotopic (exact) mass is 159 g/mol. The molecular formula is C9H9N3. The molecule has 3 heteroatoms. The van der Waals surface area contributed by atoms with Crippen LogP contribution < -0.4 is 0 Å². The summed E-state index contributed by atoms with van der Waals surface area (Å²) in [6.45, 7) is 0. The topological polar surface area (TPSA) is 30.2 Å². The van der Waals surface area contributed by atoms with Crippen molar-refractivity contribution < 1.29 is 0 Å². The first-order valence-electron chi connectivity index (χ1n) is 4.26. The number of aryl methyl sites for hydroxylation is 2. The Labute approximate surface area is 70.0 Å². The van der Waals surface area contributed by atoms with E-state index in [1.807, 2.05) is 6.07 Å². The first-order chi connectivity index (χ1) is 5.95. The SMILES string of the molecule is c1cc2nncn2c2c1CCC2. The van der Waals surface area contributed by atoms with E-state index in [1.54, 1.807) is 6.33 Å². The molecule has 0 spiro atoms. The van der Waals surface area contributed by atoms with Gasteiger partial charge in [0.25, 0.3) is 0 Å². The minimum absolute atomic E-state index is 0.968. The summed E-state index contributed by atoms with van der Waals surface area (Å²) in [4.78, 5) is 0. The van der Waals surface area contributed by atoms with Crippen molar-refractivity contribution in [1.29, 1.82) is 0 Å². The molecule has 0 radical (unpaired) electrons. The Bertz CT molecular complexity index is 430. The van der Waals surface area contributed by atoms with Crippen LogP contribution in [0.5, 0.6) is 0 Å². The van der Waals surface area contributed by atoms with Gasteiger partial charge < -0.3 is 0 Å². The van der Waals surface area contributed by atoms with E-state index in [-0.39, 0.29) is 0 Å². The van der Waals surface area contributed by atoms with Crippen molar-refractivity contribution in [2.45, 2.75) is 19.3 Å². The third-order valence-electron chi connectivity index (χ3n) is 2.53. The first-order valence-corrected chi connectivity index (χ1v) is 4.26. The summed E-state index contributed by atoms with van der Waals surface area (Å²) in [7, 11) is 0. The summed E-state index contributed by atoms with van der Waals surface area (Å²) in [5.41, 5.74) is 3.83. The Morgan fingerprint density at radius 2 is 2.25 bits per heavy atom. The van der Waals surface area contributed by atoms with Gasteiger partial charge in [0.1, 0.15) is 6.33 Å². The molecule has 0 fully saturated rings. The molecule has 1 aliphatic carbocycles. The van der Waals surface area contributed by atoms with Crippen LogP contribution in [-0.4, -0.2) is 14.6 Å². The number of aromatic nitrogens is 3. The number of nitrogens with zero attached hydrogens (tertiary/aromatic N) is 3. The Morgan fingerprint density at radius 3 is 3.25 bits per heavy atom. The Kier molecular flexibility index (Phi) is 1.06. The summed E-state index contributed by atoms with van der Waals surface area (Å²) >= 11 is 0. The maximum atomic E-state index is 4.01. The molecule has 0 bridgehead atoms. The fourth-order valence-electron chi connectivity index (χ4n) is 1.95. The van der Waals surface area contributed by atoms with Gasteiger partial charge >= 0.3 is 0 Å². The van der Waals surface area contributed by atoms with Gasteiger partial charge in [0.2, 0.25) is 0 Å². The van der Waals surface area contributed by atoms with Crippen LogP contribution in [0.3, 0.4) is 0 Å². The van der Waals surface area contributed by atoms with Gasteiger partial charge in [0.05, 0.1) is 0 Å². The lowest BCUT2D eigenvalue weighted by atomic mass is 10.2. The van der Waals surface area contributed by atoms with Crippen LogP contribution in [0.1, 0.15) is 17.7 Å². The maximum Gasteiger partial charge on any atom is 0.160 e. The normalized spacial score (nSPS) is 15.3. The van der Waals surface area contributed by atoms with E-state index >= 15 is 0 Å². The van der Waals surface area contributed by atoms with E-state index in [9.17, 15) is 0 Å². The van der Waals surface area contributed by atoms with Crippen molar-refractivity contribution >= 4 is 5.65 Å². The van der Waals surface area contributed by atoms with Crippen molar-refractivity contribution in [2.24, 2.45) is 0 Å². The number of fused-ring (bicyclic) bond motifs is 3. The van der Waals surface area contributed by atoms with E-state index in [4.69, 9.17) is 0 Å². The molecule has 2 heterocycles. The molecule has 0 aliphatic heterocycles. The predicted molar refractivity (Wildman–Crippen MR) is 45.0 cm³/mol. The molecule has 0 N–H and O–H groups in total. The van der Waals surface area contributed by atoms with E-state index in [2.05, 4.69) is 20.7 Å². The molecule has 2 aromatic heterocycles. The van der Waals surface area contributed by atoms with Crippen molar-refractivity contribution in [3.8, 4) is 0 Å². The van der Waals surface area contributed by atoms with Gasteiger partial charge in [-0.1, -0.05) is 6.07 Å². The zero-order chi connectivity index (χ0) is 7.97. The average molecular weight is 159 g/mol. The molecular weight excluding hydrogens is 150 g/mol. The van der Waals surface area contributed by atoms with Crippen LogP contribution in [0.2, 0.25) is 0 Å². The van der Waals surface area contributed by atoms with Crippen molar-refractivity contribution in [3.05, 3.63) is 29.7 Å². The molecule has 0 atom stereocenters. The summed E-state index contributed by atoms with van der Waals surface area (Å²) in [5.74, 6) is 0. The second-order valence-corrected chi connectivity index (χ2v) is 3.22. The largest absolute Gasteiger partial charge is 0.286 e. The molecule has 2 aromatic rings. The molecule has 1 aliphatic rings. The lowest BCUT2D eigenvalue weighted by molar-refractivity contribution is 0.887. The zero-order valence-corrected chi connectivity index (χ0v) is 6.70. The van der Waals surface area contributed by atoms with Gasteiger partial charge in [-0.2, -0.15) is 0 Å². The fraction of sp³-hybridized carbons (Fsp3) is 0.333. The Morgan fingerprint density at radius 1 is 1.25 bits per heavy atom. The first kappa shape index (κ1) is 6.17. The number of rotatable bonds is 0. The van der Waals surface area contributed by atoms with Crippen LogP contribution >= 0.6 is 0 Å². The molecule has 3 nitrogen and oxygen atoms in total. The highest BCUT2D eigenvalue weighted by atomic mass is 15.2. The van der Waals surface area contributed by atoms with Crippen molar-refractivity contribution in [3.63, 3.8) is 0 Å². The summed E-state index contributed by atoms with van der Waals surface area (Å²) in [6.07, 6.45) is 5.46. The van der Waals surface area contributed by atoms with Crippen molar-refractivity contribution in [2.75, 3.05) is 0 Å². The van der Waals surface area contributed by atoms with E-state index in [0.29, 0.717) is 0 Å². The number of hydrogen-bond acceptors (Lipinski definition) is 2. The minimum Gasteiger partial charge on any atom is -0.286 e. The second kappa shape index (κ2) is 2.06. The molecule has 0 aromatic carbocycles. The molecule has 12 heavy (non-hydrogen) atoms. The molecule has 60 valence electrons. The van der Waals surface area contributed by atoms with Gasteiger partial charge in [-0.3, -0.25) is 4.40 Å². The van der Waals surface area contributed by atoms with Crippen LogP contribution in [-0.2, 0) is 12.8 Å². The summed E-state index contributed by atoms with van der Waals surface area (Å²) in [6, 6.07) is 4.21. The van der Waals surface area contributed by atoms with Gasteiger partial charge in [-0.25, -0.2) is 0 Å². The van der Waals surface area contributed by atoms with Gasteiger partial charge in [-0.05, 0) is 30.9 Å². The predicted octanol–water partition coefficient (Wildman–Crippen LogP) is 1.22. The van der Waals surface area contributed by atoms with E-state index in [1.165, 1.54) is 30.5 Å². The lowest BCUT2D eigenvalue weighted by Gasteiger charge is -2.00. The third kappa shape index (κ3) is 0.656. The quantitative estimate of drug-likeness (QED) is 0.578. The zero-order valence-electron chi connectivity index (χ0n) is 6.70. The summed E-state index contributed by atoms with van der Waals surface area (Å²) < 4.78 is 2.10. The van der Waals surface area contributed by atoms with Crippen LogP contribution in [0.4, 0.5) is 0 Å². The van der Waals surface area contributed by atoms with E-state index in [0.717, 1.165) is 5.65 Å². The smallest absolute Gasteiger partial charge is 0.160 e. The molecule has 0 amide bonds. The Hall–Kier alpha value is -1.38. The Balaban J connectivity index is 2.46.